The number of ketones is 1. The van der Waals surface area contributed by atoms with Crippen molar-refractivity contribution in [2.75, 3.05) is 0 Å². The van der Waals surface area contributed by atoms with E-state index in [2.05, 4.69) is 13.8 Å². The monoisotopic (exact) mass is 332 g/mol. The Bertz CT molecular complexity index is 555. The summed E-state index contributed by atoms with van der Waals surface area (Å²) in [7, 11) is 0. The van der Waals surface area contributed by atoms with Crippen molar-refractivity contribution < 1.29 is 14.3 Å². The van der Waals surface area contributed by atoms with Gasteiger partial charge < -0.3 is 4.74 Å². The summed E-state index contributed by atoms with van der Waals surface area (Å²) in [5.41, 5.74) is 0.381. The molecule has 7 atom stereocenters. The lowest BCUT2D eigenvalue weighted by atomic mass is 9.45. The SMILES string of the molecule is CC(=O)O[C@H]1CC[C@@]2(C)[C@@H](CC[C@@H]3[C@H]2CC[C@@]2(C)C(=O)CC[C@@H]32)C1. The Hall–Kier alpha value is -0.860. The molecule has 0 N–H and O–H groups in total. The number of Topliss-reactive ketones (excluding diaryl/α,β-unsaturated/α-hetero) is 1. The van der Waals surface area contributed by atoms with E-state index >= 15 is 0 Å². The van der Waals surface area contributed by atoms with Crippen LogP contribution in [0.4, 0.5) is 0 Å². The third-order valence-corrected chi connectivity index (χ3v) is 8.66. The molecule has 134 valence electrons. The normalized spacial score (nSPS) is 50.6. The molecule has 0 aromatic carbocycles. The summed E-state index contributed by atoms with van der Waals surface area (Å²) in [6.45, 7) is 6.30. The number of carbonyl (C=O) groups is 2. The average molecular weight is 332 g/mol. The second-order valence-electron chi connectivity index (χ2n) is 9.58. The van der Waals surface area contributed by atoms with E-state index in [1.54, 1.807) is 0 Å². The average Bonchev–Trinajstić information content (AvgIpc) is 2.83. The lowest BCUT2D eigenvalue weighted by Crippen LogP contribution is -2.54. The van der Waals surface area contributed by atoms with Gasteiger partial charge in [-0.3, -0.25) is 9.59 Å². The molecule has 4 saturated carbocycles. The van der Waals surface area contributed by atoms with Crippen LogP contribution in [-0.2, 0) is 14.3 Å². The van der Waals surface area contributed by atoms with Gasteiger partial charge in [-0.2, -0.15) is 0 Å². The number of hydrogen-bond acceptors (Lipinski definition) is 3. The molecule has 0 aliphatic heterocycles. The number of carbonyl (C=O) groups excluding carboxylic acids is 2. The van der Waals surface area contributed by atoms with E-state index in [9.17, 15) is 9.59 Å². The predicted molar refractivity (Wildman–Crippen MR) is 92.3 cm³/mol. The quantitative estimate of drug-likeness (QED) is 0.663. The molecule has 4 rings (SSSR count). The van der Waals surface area contributed by atoms with Crippen LogP contribution >= 0.6 is 0 Å². The van der Waals surface area contributed by atoms with Gasteiger partial charge in [0.15, 0.2) is 0 Å². The highest BCUT2D eigenvalue weighted by atomic mass is 16.5. The van der Waals surface area contributed by atoms with Crippen molar-refractivity contribution in [3.05, 3.63) is 0 Å². The molecule has 4 fully saturated rings. The van der Waals surface area contributed by atoms with Gasteiger partial charge in [0.05, 0.1) is 0 Å². The zero-order valence-electron chi connectivity index (χ0n) is 15.5. The van der Waals surface area contributed by atoms with Crippen LogP contribution in [-0.4, -0.2) is 17.9 Å². The topological polar surface area (TPSA) is 43.4 Å². The van der Waals surface area contributed by atoms with Gasteiger partial charge in [0.2, 0.25) is 0 Å². The van der Waals surface area contributed by atoms with Crippen LogP contribution in [0.5, 0.6) is 0 Å². The van der Waals surface area contributed by atoms with Crippen LogP contribution in [0.3, 0.4) is 0 Å². The fraction of sp³-hybridized carbons (Fsp3) is 0.905. The van der Waals surface area contributed by atoms with Crippen LogP contribution in [0, 0.1) is 34.5 Å². The van der Waals surface area contributed by atoms with Gasteiger partial charge in [-0.15, -0.1) is 0 Å². The molecule has 0 amide bonds. The van der Waals surface area contributed by atoms with E-state index in [1.165, 1.54) is 32.6 Å². The molecule has 3 nitrogen and oxygen atoms in total. The van der Waals surface area contributed by atoms with Crippen molar-refractivity contribution in [1.29, 1.82) is 0 Å². The molecule has 0 aromatic heterocycles. The van der Waals surface area contributed by atoms with E-state index < -0.39 is 0 Å². The molecule has 4 aliphatic rings. The number of hydrogen-bond donors (Lipinski definition) is 0. The molecule has 24 heavy (non-hydrogen) atoms. The second-order valence-corrected chi connectivity index (χ2v) is 9.58. The number of ether oxygens (including phenoxy) is 1. The minimum Gasteiger partial charge on any atom is -0.463 e. The highest BCUT2D eigenvalue weighted by Crippen LogP contribution is 2.65. The first kappa shape index (κ1) is 16.6. The summed E-state index contributed by atoms with van der Waals surface area (Å²) >= 11 is 0. The molecule has 0 saturated heterocycles. The van der Waals surface area contributed by atoms with Crippen LogP contribution in [0.1, 0.15) is 78.6 Å². The number of rotatable bonds is 1. The zero-order valence-corrected chi connectivity index (χ0v) is 15.5. The summed E-state index contributed by atoms with van der Waals surface area (Å²) in [6, 6.07) is 0. The largest absolute Gasteiger partial charge is 0.463 e. The maximum atomic E-state index is 12.5. The molecular formula is C21H32O3. The van der Waals surface area contributed by atoms with Crippen LogP contribution in [0.15, 0.2) is 0 Å². The van der Waals surface area contributed by atoms with Crippen molar-refractivity contribution in [2.24, 2.45) is 34.5 Å². The second kappa shape index (κ2) is 5.57. The first-order valence-electron chi connectivity index (χ1n) is 10.0. The van der Waals surface area contributed by atoms with Gasteiger partial charge in [-0.25, -0.2) is 0 Å². The Labute approximate surface area is 145 Å². The van der Waals surface area contributed by atoms with Gasteiger partial charge >= 0.3 is 5.97 Å². The minimum atomic E-state index is -0.129. The lowest BCUT2D eigenvalue weighted by molar-refractivity contribution is -0.160. The van der Waals surface area contributed by atoms with E-state index in [1.807, 2.05) is 0 Å². The van der Waals surface area contributed by atoms with Crippen molar-refractivity contribution in [3.63, 3.8) is 0 Å². The van der Waals surface area contributed by atoms with E-state index in [4.69, 9.17) is 4.74 Å². The smallest absolute Gasteiger partial charge is 0.302 e. The Morgan fingerprint density at radius 2 is 1.83 bits per heavy atom. The molecule has 0 spiro atoms. The van der Waals surface area contributed by atoms with Gasteiger partial charge in [0, 0.05) is 18.8 Å². The van der Waals surface area contributed by atoms with Gasteiger partial charge in [-0.05, 0) is 80.5 Å². The first-order chi connectivity index (χ1) is 11.3. The van der Waals surface area contributed by atoms with Crippen molar-refractivity contribution in [3.8, 4) is 0 Å². The Morgan fingerprint density at radius 3 is 2.58 bits per heavy atom. The summed E-state index contributed by atoms with van der Waals surface area (Å²) in [5.74, 6) is 3.26. The first-order valence-corrected chi connectivity index (χ1v) is 10.0. The van der Waals surface area contributed by atoms with Crippen LogP contribution in [0.2, 0.25) is 0 Å². The predicted octanol–water partition coefficient (Wildman–Crippen LogP) is 4.53. The Kier molecular flexibility index (Phi) is 3.85. The maximum Gasteiger partial charge on any atom is 0.302 e. The van der Waals surface area contributed by atoms with Crippen LogP contribution < -0.4 is 0 Å². The zero-order chi connectivity index (χ0) is 17.1. The molecule has 0 unspecified atom stereocenters. The van der Waals surface area contributed by atoms with Gasteiger partial charge in [0.1, 0.15) is 11.9 Å². The molecule has 3 heteroatoms. The highest BCUT2D eigenvalue weighted by Gasteiger charge is 2.60. The summed E-state index contributed by atoms with van der Waals surface area (Å²) < 4.78 is 5.54. The molecule has 4 aliphatic carbocycles. The lowest BCUT2D eigenvalue weighted by Gasteiger charge is -2.60. The molecular weight excluding hydrogens is 300 g/mol. The van der Waals surface area contributed by atoms with Crippen LogP contribution in [0.25, 0.3) is 0 Å². The summed E-state index contributed by atoms with van der Waals surface area (Å²) in [6.07, 6.45) is 10.2. The minimum absolute atomic E-state index is 0.0146. The molecule has 0 heterocycles. The molecule has 0 bridgehead atoms. The fourth-order valence-corrected chi connectivity index (χ4v) is 7.33. The van der Waals surface area contributed by atoms with Gasteiger partial charge in [0.25, 0.3) is 0 Å². The van der Waals surface area contributed by atoms with Crippen molar-refractivity contribution >= 4 is 11.8 Å². The Morgan fingerprint density at radius 1 is 1.04 bits per heavy atom. The van der Waals surface area contributed by atoms with Gasteiger partial charge in [-0.1, -0.05) is 13.8 Å². The van der Waals surface area contributed by atoms with E-state index in [0.29, 0.717) is 23.0 Å². The third kappa shape index (κ3) is 2.29. The fourth-order valence-electron chi connectivity index (χ4n) is 7.33. The summed E-state index contributed by atoms with van der Waals surface area (Å²) in [4.78, 5) is 23.8. The Balaban J connectivity index is 1.54. The number of fused-ring (bicyclic) bond motifs is 5. The van der Waals surface area contributed by atoms with E-state index in [0.717, 1.165) is 43.9 Å². The maximum absolute atomic E-state index is 12.5. The van der Waals surface area contributed by atoms with Crippen molar-refractivity contribution in [2.45, 2.75) is 84.7 Å². The third-order valence-electron chi connectivity index (χ3n) is 8.66. The summed E-state index contributed by atoms with van der Waals surface area (Å²) in [5, 5.41) is 0. The molecule has 0 aromatic rings. The molecule has 0 radical (unpaired) electrons. The van der Waals surface area contributed by atoms with Crippen molar-refractivity contribution in [1.82, 2.24) is 0 Å². The number of esters is 1. The van der Waals surface area contributed by atoms with E-state index in [-0.39, 0.29) is 17.5 Å². The standard InChI is InChI=1S/C21H32O3/c1-13(22)24-15-8-10-20(2)14(12-15)4-5-16-17-6-7-19(23)21(17,3)11-9-18(16)20/h14-18H,4-12H2,1-3H3/t14-,15-,16-,17-,18+,20-,21+/m0/s1. The highest BCUT2D eigenvalue weighted by molar-refractivity contribution is 5.87.